The van der Waals surface area contributed by atoms with Gasteiger partial charge in [-0.3, -0.25) is 9.89 Å². The summed E-state index contributed by atoms with van der Waals surface area (Å²) < 4.78 is 0. The predicted molar refractivity (Wildman–Crippen MR) is 101 cm³/mol. The molecule has 5 rings (SSSR count). The lowest BCUT2D eigenvalue weighted by atomic mass is 9.79. The monoisotopic (exact) mass is 349 g/mol. The Morgan fingerprint density at radius 2 is 1.96 bits per heavy atom. The molecule has 1 aromatic heterocycles. The van der Waals surface area contributed by atoms with E-state index >= 15 is 0 Å². The van der Waals surface area contributed by atoms with Crippen molar-refractivity contribution in [3.05, 3.63) is 53.3 Å². The third kappa shape index (κ3) is 2.85. The van der Waals surface area contributed by atoms with Crippen molar-refractivity contribution in [2.45, 2.75) is 50.9 Å². The first-order chi connectivity index (χ1) is 12.7. The number of aromatic nitrogens is 2. The topological polar surface area (TPSA) is 49.0 Å². The Bertz CT molecular complexity index is 785. The van der Waals surface area contributed by atoms with Crippen LogP contribution in [0.25, 0.3) is 0 Å². The first-order valence-corrected chi connectivity index (χ1v) is 10.1. The van der Waals surface area contributed by atoms with E-state index in [0.717, 1.165) is 38.8 Å². The molecule has 2 heterocycles. The number of amides is 1. The van der Waals surface area contributed by atoms with E-state index in [1.54, 1.807) is 0 Å². The maximum absolute atomic E-state index is 12.7. The van der Waals surface area contributed by atoms with Gasteiger partial charge >= 0.3 is 0 Å². The summed E-state index contributed by atoms with van der Waals surface area (Å²) in [6.45, 7) is 1.80. The number of rotatable bonds is 4. The minimum atomic E-state index is 0.357. The van der Waals surface area contributed by atoms with Gasteiger partial charge in [0, 0.05) is 37.0 Å². The summed E-state index contributed by atoms with van der Waals surface area (Å²) in [6, 6.07) is 12.7. The normalized spacial score (nSPS) is 24.5. The largest absolute Gasteiger partial charge is 0.342 e. The quantitative estimate of drug-likeness (QED) is 0.910. The lowest BCUT2D eigenvalue weighted by molar-refractivity contribution is -0.135. The first kappa shape index (κ1) is 16.1. The van der Waals surface area contributed by atoms with Crippen LogP contribution in [0.1, 0.15) is 61.4 Å². The van der Waals surface area contributed by atoms with Crippen LogP contribution in [0, 0.1) is 11.3 Å². The second-order valence-electron chi connectivity index (χ2n) is 8.55. The van der Waals surface area contributed by atoms with Gasteiger partial charge in [-0.05, 0) is 49.1 Å². The van der Waals surface area contributed by atoms with Gasteiger partial charge in [-0.15, -0.1) is 0 Å². The Kier molecular flexibility index (Phi) is 3.87. The van der Waals surface area contributed by atoms with E-state index < -0.39 is 0 Å². The molecule has 1 aromatic carbocycles. The van der Waals surface area contributed by atoms with E-state index in [-0.39, 0.29) is 0 Å². The molecule has 2 aliphatic carbocycles. The second kappa shape index (κ2) is 6.26. The van der Waals surface area contributed by atoms with Crippen LogP contribution in [0.5, 0.6) is 0 Å². The third-order valence-electron chi connectivity index (χ3n) is 6.95. The van der Waals surface area contributed by atoms with Crippen LogP contribution in [0.2, 0.25) is 0 Å². The number of piperidine rings is 1. The molecule has 3 fully saturated rings. The van der Waals surface area contributed by atoms with E-state index in [9.17, 15) is 4.79 Å². The molecule has 1 atom stereocenters. The fraction of sp³-hybridized carbons (Fsp3) is 0.545. The lowest BCUT2D eigenvalue weighted by Gasteiger charge is -2.33. The summed E-state index contributed by atoms with van der Waals surface area (Å²) >= 11 is 0. The van der Waals surface area contributed by atoms with Gasteiger partial charge in [-0.25, -0.2) is 0 Å². The number of carbonyl (C=O) groups excluding carboxylic acids is 1. The molecule has 0 unspecified atom stereocenters. The summed E-state index contributed by atoms with van der Waals surface area (Å²) in [6.07, 6.45) is 8.05. The summed E-state index contributed by atoms with van der Waals surface area (Å²) in [5.41, 5.74) is 4.10. The smallest absolute Gasteiger partial charge is 0.226 e. The SMILES string of the molecule is O=C([C@@H]1CC12CCC2)N1CCC(c2cc(Cc3ccccc3)[nH]n2)CC1. The zero-order chi connectivity index (χ0) is 17.6. The Hall–Kier alpha value is -2.10. The van der Waals surface area contributed by atoms with Crippen molar-refractivity contribution >= 4 is 5.91 Å². The van der Waals surface area contributed by atoms with E-state index in [0.29, 0.717) is 23.2 Å². The molecule has 1 saturated heterocycles. The van der Waals surface area contributed by atoms with Crippen molar-refractivity contribution < 1.29 is 4.79 Å². The maximum Gasteiger partial charge on any atom is 0.226 e. The number of hydrogen-bond acceptors (Lipinski definition) is 2. The molecule has 1 N–H and O–H groups in total. The molecule has 3 aliphatic rings. The zero-order valence-electron chi connectivity index (χ0n) is 15.3. The molecule has 1 amide bonds. The van der Waals surface area contributed by atoms with Crippen LogP contribution in [-0.2, 0) is 11.2 Å². The van der Waals surface area contributed by atoms with Gasteiger partial charge in [0.05, 0.1) is 5.69 Å². The number of likely N-dealkylation sites (tertiary alicyclic amines) is 1. The van der Waals surface area contributed by atoms with Gasteiger partial charge in [0.2, 0.25) is 5.91 Å². The number of hydrogen-bond donors (Lipinski definition) is 1. The van der Waals surface area contributed by atoms with Crippen LogP contribution in [-0.4, -0.2) is 34.1 Å². The highest BCUT2D eigenvalue weighted by atomic mass is 16.2. The van der Waals surface area contributed by atoms with E-state index in [1.807, 2.05) is 6.07 Å². The fourth-order valence-electron chi connectivity index (χ4n) is 4.99. The summed E-state index contributed by atoms with van der Waals surface area (Å²) in [4.78, 5) is 14.9. The van der Waals surface area contributed by atoms with E-state index in [4.69, 9.17) is 0 Å². The number of H-pyrrole nitrogens is 1. The third-order valence-corrected chi connectivity index (χ3v) is 6.95. The molecule has 0 radical (unpaired) electrons. The van der Waals surface area contributed by atoms with Crippen molar-refractivity contribution in [1.82, 2.24) is 15.1 Å². The Morgan fingerprint density at radius 3 is 2.62 bits per heavy atom. The van der Waals surface area contributed by atoms with Crippen molar-refractivity contribution in [1.29, 1.82) is 0 Å². The van der Waals surface area contributed by atoms with Crippen LogP contribution in [0.3, 0.4) is 0 Å². The lowest BCUT2D eigenvalue weighted by Crippen LogP contribution is -2.40. The predicted octanol–water partition coefficient (Wildman–Crippen LogP) is 3.90. The molecule has 26 heavy (non-hydrogen) atoms. The van der Waals surface area contributed by atoms with Crippen molar-refractivity contribution in [2.24, 2.45) is 11.3 Å². The number of benzene rings is 1. The van der Waals surface area contributed by atoms with Crippen molar-refractivity contribution in [2.75, 3.05) is 13.1 Å². The second-order valence-corrected chi connectivity index (χ2v) is 8.55. The Labute approximate surface area is 155 Å². The average molecular weight is 349 g/mol. The van der Waals surface area contributed by atoms with Gasteiger partial charge in [0.25, 0.3) is 0 Å². The number of aromatic amines is 1. The molecular formula is C22H27N3O. The molecule has 4 heteroatoms. The molecule has 136 valence electrons. The highest BCUT2D eigenvalue weighted by molar-refractivity contribution is 5.83. The van der Waals surface area contributed by atoms with E-state index in [2.05, 4.69) is 45.4 Å². The van der Waals surface area contributed by atoms with Crippen molar-refractivity contribution in [3.63, 3.8) is 0 Å². The highest BCUT2D eigenvalue weighted by Gasteiger charge is 2.61. The molecular weight excluding hydrogens is 322 g/mol. The van der Waals surface area contributed by atoms with Gasteiger partial charge in [0.1, 0.15) is 0 Å². The van der Waals surface area contributed by atoms with Gasteiger partial charge in [0.15, 0.2) is 0 Å². The summed E-state index contributed by atoms with van der Waals surface area (Å²) in [7, 11) is 0. The minimum Gasteiger partial charge on any atom is -0.342 e. The van der Waals surface area contributed by atoms with Crippen molar-refractivity contribution in [3.8, 4) is 0 Å². The molecule has 2 aromatic rings. The summed E-state index contributed by atoms with van der Waals surface area (Å²) in [5, 5.41) is 7.78. The van der Waals surface area contributed by atoms with Gasteiger partial charge < -0.3 is 4.90 Å². The fourth-order valence-corrected chi connectivity index (χ4v) is 4.99. The standard InChI is InChI=1S/C22H27N3O/c26-21(19-15-22(19)9-4-10-22)25-11-7-17(8-12-25)20-14-18(23-24-20)13-16-5-2-1-3-6-16/h1-3,5-6,14,17,19H,4,7-13,15H2,(H,23,24)/t19-/m0/s1. The maximum atomic E-state index is 12.7. The van der Waals surface area contributed by atoms with Gasteiger partial charge in [-0.1, -0.05) is 36.8 Å². The van der Waals surface area contributed by atoms with E-state index in [1.165, 1.54) is 36.2 Å². The van der Waals surface area contributed by atoms with Crippen LogP contribution in [0.15, 0.2) is 36.4 Å². The van der Waals surface area contributed by atoms with Crippen LogP contribution < -0.4 is 0 Å². The van der Waals surface area contributed by atoms with Crippen LogP contribution in [0.4, 0.5) is 0 Å². The van der Waals surface area contributed by atoms with Crippen LogP contribution >= 0.6 is 0 Å². The molecule has 2 saturated carbocycles. The summed E-state index contributed by atoms with van der Waals surface area (Å²) in [5.74, 6) is 1.28. The Balaban J connectivity index is 1.16. The number of carbonyl (C=O) groups is 1. The zero-order valence-corrected chi connectivity index (χ0v) is 15.3. The minimum absolute atomic E-state index is 0.357. The molecule has 1 aliphatic heterocycles. The molecule has 4 nitrogen and oxygen atoms in total. The first-order valence-electron chi connectivity index (χ1n) is 10.1. The highest BCUT2D eigenvalue weighted by Crippen LogP contribution is 2.66. The van der Waals surface area contributed by atoms with Gasteiger partial charge in [-0.2, -0.15) is 5.10 Å². The molecule has 0 bridgehead atoms. The Morgan fingerprint density at radius 1 is 1.19 bits per heavy atom. The number of nitrogens with zero attached hydrogens (tertiary/aromatic N) is 2. The molecule has 1 spiro atoms. The number of nitrogens with one attached hydrogen (secondary N) is 1. The average Bonchev–Trinajstić information content (AvgIpc) is 3.28.